The molecule has 0 amide bonds. The minimum Gasteiger partial charge on any atom is -0.468 e. The second-order valence-corrected chi connectivity index (χ2v) is 13.8. The number of halogens is 6. The van der Waals surface area contributed by atoms with Crippen LogP contribution in [-0.2, 0) is 19.1 Å². The van der Waals surface area contributed by atoms with E-state index >= 15 is 0 Å². The van der Waals surface area contributed by atoms with E-state index in [1.165, 1.54) is 25.8 Å². The lowest BCUT2D eigenvalue weighted by Crippen LogP contribution is -2.54. The molecule has 0 aromatic carbocycles. The van der Waals surface area contributed by atoms with Crippen molar-refractivity contribution in [2.75, 3.05) is 27.3 Å². The first-order valence-corrected chi connectivity index (χ1v) is 13.6. The van der Waals surface area contributed by atoms with Crippen molar-refractivity contribution < 1.29 is 45.4 Å². The van der Waals surface area contributed by atoms with Crippen LogP contribution in [0.1, 0.15) is 55.4 Å². The van der Waals surface area contributed by atoms with Gasteiger partial charge >= 0.3 is 24.3 Å². The first kappa shape index (κ1) is 39.1. The third kappa shape index (κ3) is 16.9. The van der Waals surface area contributed by atoms with Crippen molar-refractivity contribution in [3.8, 4) is 0 Å². The summed E-state index contributed by atoms with van der Waals surface area (Å²) in [4.78, 5) is 24.6. The third-order valence-electron chi connectivity index (χ3n) is 4.14. The molecule has 0 bridgehead atoms. The van der Waals surface area contributed by atoms with Crippen LogP contribution in [0.3, 0.4) is 0 Å². The van der Waals surface area contributed by atoms with E-state index in [4.69, 9.17) is 17.0 Å². The van der Waals surface area contributed by atoms with E-state index in [0.29, 0.717) is 11.8 Å². The number of rotatable bonds is 6. The molecule has 6 nitrogen and oxygen atoms in total. The van der Waals surface area contributed by atoms with Crippen LogP contribution < -0.4 is 0 Å². The van der Waals surface area contributed by atoms with Gasteiger partial charge in [0.25, 0.3) is 0 Å². The molecule has 0 rings (SSSR count). The number of thiocarbonyl (C=S) groups is 2. The van der Waals surface area contributed by atoms with Crippen LogP contribution in [0.25, 0.3) is 0 Å². The second-order valence-electron chi connectivity index (χ2n) is 9.86. The zero-order valence-electron chi connectivity index (χ0n) is 23.0. The predicted molar refractivity (Wildman–Crippen MR) is 148 cm³/mol. The lowest BCUT2D eigenvalue weighted by atomic mass is 9.97. The number of thioether (sulfide) groups is 2. The first-order chi connectivity index (χ1) is 16.8. The van der Waals surface area contributed by atoms with E-state index in [9.17, 15) is 35.9 Å². The lowest BCUT2D eigenvalue weighted by molar-refractivity contribution is -0.167. The third-order valence-corrected chi connectivity index (χ3v) is 7.10. The van der Waals surface area contributed by atoms with Gasteiger partial charge in [-0.3, -0.25) is 9.59 Å². The Labute approximate surface area is 239 Å². The van der Waals surface area contributed by atoms with E-state index in [-0.39, 0.29) is 27.2 Å². The smallest absolute Gasteiger partial charge is 0.405 e. The standard InChI is InChI=1S/C13H25NO2S2.C9H11F6NO2S2/c1-9(10(15)16-8)18-11(17)14(12(2,3)4)13(5,6)7;1-5(6(17)18-2)20-7(19)16(3-8(10,11)12)4-9(13,14)15/h9H,1-8H3;5H,3-4H2,1-2H3. The summed E-state index contributed by atoms with van der Waals surface area (Å²) in [5.74, 6) is -1.04. The maximum atomic E-state index is 12.2. The Bertz CT molecular complexity index is 782. The Kier molecular flexibility index (Phi) is 16.2. The molecule has 0 heterocycles. The fourth-order valence-electron chi connectivity index (χ4n) is 3.03. The van der Waals surface area contributed by atoms with Gasteiger partial charge in [0.05, 0.1) is 14.2 Å². The summed E-state index contributed by atoms with van der Waals surface area (Å²) in [6, 6.07) is 0. The summed E-state index contributed by atoms with van der Waals surface area (Å²) in [6.45, 7) is 12.1. The highest BCUT2D eigenvalue weighted by atomic mass is 32.2. The Hall–Kier alpha value is -1.00. The molecular weight excluding hydrogens is 599 g/mol. The molecule has 2 atom stereocenters. The first-order valence-electron chi connectivity index (χ1n) is 11.0. The summed E-state index contributed by atoms with van der Waals surface area (Å²) in [7, 11) is 2.44. The largest absolute Gasteiger partial charge is 0.468 e. The molecule has 16 heteroatoms. The minimum absolute atomic E-state index is 0.0422. The molecule has 0 fully saturated rings. The molecule has 0 radical (unpaired) electrons. The molecule has 0 aliphatic heterocycles. The number of carbonyl (C=O) groups is 2. The molecule has 38 heavy (non-hydrogen) atoms. The molecule has 0 aromatic rings. The van der Waals surface area contributed by atoms with Gasteiger partial charge in [0.1, 0.15) is 32.2 Å². The number of hydrogen-bond acceptors (Lipinski definition) is 8. The number of esters is 2. The molecule has 0 saturated heterocycles. The van der Waals surface area contributed by atoms with Crippen LogP contribution in [-0.4, -0.2) is 91.6 Å². The van der Waals surface area contributed by atoms with Crippen LogP contribution in [0.15, 0.2) is 0 Å². The number of ether oxygens (including phenoxy) is 2. The summed E-state index contributed by atoms with van der Waals surface area (Å²) < 4.78 is 82.5. The van der Waals surface area contributed by atoms with Gasteiger partial charge in [-0.2, -0.15) is 26.3 Å². The van der Waals surface area contributed by atoms with Gasteiger partial charge in [0.15, 0.2) is 0 Å². The van der Waals surface area contributed by atoms with Gasteiger partial charge in [-0.15, -0.1) is 0 Å². The van der Waals surface area contributed by atoms with E-state index in [2.05, 4.69) is 63.4 Å². The Morgan fingerprint density at radius 2 is 1.00 bits per heavy atom. The van der Waals surface area contributed by atoms with Crippen molar-refractivity contribution in [1.82, 2.24) is 9.80 Å². The van der Waals surface area contributed by atoms with Gasteiger partial charge in [0, 0.05) is 11.1 Å². The summed E-state index contributed by atoms with van der Waals surface area (Å²) >= 11 is 11.8. The Balaban J connectivity index is 0. The second kappa shape index (κ2) is 15.7. The SMILES string of the molecule is COC(=O)C(C)SC(=S)N(C(C)(C)C)C(C)(C)C.COC(=O)C(C)SC(=S)N(CC(F)(F)F)CC(F)(F)F. The maximum Gasteiger partial charge on any atom is 0.405 e. The van der Waals surface area contributed by atoms with Crippen LogP contribution in [0.2, 0.25) is 0 Å². The van der Waals surface area contributed by atoms with Crippen molar-refractivity contribution >= 4 is 68.5 Å². The molecule has 0 spiro atoms. The van der Waals surface area contributed by atoms with Crippen molar-refractivity contribution in [1.29, 1.82) is 0 Å². The number of alkyl halides is 6. The van der Waals surface area contributed by atoms with Gasteiger partial charge in [-0.25, -0.2) is 0 Å². The fraction of sp³-hybridized carbons (Fsp3) is 0.818. The highest BCUT2D eigenvalue weighted by Crippen LogP contribution is 2.31. The molecule has 0 saturated carbocycles. The van der Waals surface area contributed by atoms with E-state index in [1.807, 2.05) is 6.92 Å². The maximum absolute atomic E-state index is 12.2. The summed E-state index contributed by atoms with van der Waals surface area (Å²) in [5, 5.41) is -1.29. The zero-order chi connectivity index (χ0) is 30.9. The van der Waals surface area contributed by atoms with Crippen LogP contribution >= 0.6 is 48.0 Å². The predicted octanol–water partition coefficient (Wildman–Crippen LogP) is 6.46. The summed E-state index contributed by atoms with van der Waals surface area (Å²) in [6.07, 6.45) is -9.69. The van der Waals surface area contributed by atoms with Gasteiger partial charge in [-0.05, 0) is 55.4 Å². The quantitative estimate of drug-likeness (QED) is 0.185. The average Bonchev–Trinajstić information content (AvgIpc) is 2.67. The zero-order valence-corrected chi connectivity index (χ0v) is 26.3. The van der Waals surface area contributed by atoms with Crippen molar-refractivity contribution in [2.45, 2.75) is 89.3 Å². The number of methoxy groups -OCH3 is 2. The number of hydrogen-bond donors (Lipinski definition) is 0. The molecule has 2 unspecified atom stereocenters. The molecule has 0 aromatic heterocycles. The lowest BCUT2D eigenvalue weighted by Gasteiger charge is -2.47. The molecule has 224 valence electrons. The highest BCUT2D eigenvalue weighted by molar-refractivity contribution is 8.24. The minimum atomic E-state index is -4.84. The highest BCUT2D eigenvalue weighted by Gasteiger charge is 2.39. The molecule has 0 aliphatic carbocycles. The van der Waals surface area contributed by atoms with Gasteiger partial charge < -0.3 is 19.3 Å². The van der Waals surface area contributed by atoms with Gasteiger partial charge in [0.2, 0.25) is 0 Å². The topological polar surface area (TPSA) is 59.1 Å². The average molecular weight is 635 g/mol. The molecule has 0 aliphatic rings. The van der Waals surface area contributed by atoms with Crippen molar-refractivity contribution in [3.05, 3.63) is 0 Å². The van der Waals surface area contributed by atoms with E-state index < -0.39 is 41.0 Å². The molecule has 0 N–H and O–H groups in total. The van der Waals surface area contributed by atoms with Crippen molar-refractivity contribution in [2.24, 2.45) is 0 Å². The van der Waals surface area contributed by atoms with Crippen molar-refractivity contribution in [3.63, 3.8) is 0 Å². The Morgan fingerprint density at radius 1 is 0.711 bits per heavy atom. The van der Waals surface area contributed by atoms with E-state index in [1.54, 1.807) is 0 Å². The number of nitrogens with zero attached hydrogens (tertiary/aromatic N) is 2. The van der Waals surface area contributed by atoms with Crippen LogP contribution in [0.5, 0.6) is 0 Å². The normalized spacial score (nSPS) is 13.9. The number of carbonyl (C=O) groups excluding carboxylic acids is 2. The Morgan fingerprint density at radius 3 is 1.24 bits per heavy atom. The monoisotopic (exact) mass is 634 g/mol. The fourth-order valence-corrected chi connectivity index (χ4v) is 6.49. The van der Waals surface area contributed by atoms with E-state index in [0.717, 1.165) is 11.4 Å². The van der Waals surface area contributed by atoms with Gasteiger partial charge in [-0.1, -0.05) is 48.0 Å². The summed E-state index contributed by atoms with van der Waals surface area (Å²) in [5.41, 5.74) is -0.170. The van der Waals surface area contributed by atoms with Crippen LogP contribution in [0, 0.1) is 0 Å². The van der Waals surface area contributed by atoms with Crippen LogP contribution in [0.4, 0.5) is 26.3 Å². The molecular formula is C22H36F6N2O4S4.